The van der Waals surface area contributed by atoms with Gasteiger partial charge < -0.3 is 5.73 Å². The fraction of sp³-hybridized carbons (Fsp3) is 0. The normalized spacial score (nSPS) is 10.4. The molecular weight excluding hydrogens is 326 g/mol. The molecule has 9 nitrogen and oxygen atoms in total. The molecular formula is C16H11N5O4. The summed E-state index contributed by atoms with van der Waals surface area (Å²) in [5.41, 5.74) is 7.19. The summed E-state index contributed by atoms with van der Waals surface area (Å²) in [5, 5.41) is 21.8. The molecule has 1 aromatic heterocycles. The zero-order valence-corrected chi connectivity index (χ0v) is 12.7. The first-order valence-electron chi connectivity index (χ1n) is 7.08. The lowest BCUT2D eigenvalue weighted by Crippen LogP contribution is -1.99. The quantitative estimate of drug-likeness (QED) is 0.569. The summed E-state index contributed by atoms with van der Waals surface area (Å²) in [7, 11) is 0. The molecule has 0 aliphatic carbocycles. The second-order valence-electron chi connectivity index (χ2n) is 5.11. The summed E-state index contributed by atoms with van der Waals surface area (Å²) >= 11 is 0. The number of nitrogens with two attached hydrogens (primary N) is 1. The van der Waals surface area contributed by atoms with E-state index < -0.39 is 9.85 Å². The molecule has 3 rings (SSSR count). The molecule has 2 N–H and O–H groups in total. The predicted molar refractivity (Wildman–Crippen MR) is 90.6 cm³/mol. The molecule has 0 atom stereocenters. The smallest absolute Gasteiger partial charge is 0.270 e. The molecule has 9 heteroatoms. The first-order valence-corrected chi connectivity index (χ1v) is 7.08. The van der Waals surface area contributed by atoms with Crippen LogP contribution in [-0.4, -0.2) is 19.8 Å². The van der Waals surface area contributed by atoms with Crippen molar-refractivity contribution in [2.75, 3.05) is 5.73 Å². The minimum Gasteiger partial charge on any atom is -0.396 e. The Labute approximate surface area is 141 Å². The average Bonchev–Trinajstić information content (AvgIpc) is 2.62. The molecule has 0 fully saturated rings. The zero-order chi connectivity index (χ0) is 18.0. The molecule has 0 radical (unpaired) electrons. The second-order valence-corrected chi connectivity index (χ2v) is 5.11. The fourth-order valence-electron chi connectivity index (χ4n) is 2.29. The minimum atomic E-state index is -0.512. The van der Waals surface area contributed by atoms with Crippen molar-refractivity contribution < 1.29 is 9.85 Å². The van der Waals surface area contributed by atoms with Gasteiger partial charge in [0.15, 0.2) is 5.82 Å². The highest BCUT2D eigenvalue weighted by molar-refractivity contribution is 5.75. The summed E-state index contributed by atoms with van der Waals surface area (Å²) in [6.45, 7) is 0. The van der Waals surface area contributed by atoms with Crippen LogP contribution < -0.4 is 5.73 Å². The van der Waals surface area contributed by atoms with Crippen LogP contribution in [-0.2, 0) is 0 Å². The number of hydrogen-bond donors (Lipinski definition) is 1. The van der Waals surface area contributed by atoms with Gasteiger partial charge in [-0.15, -0.1) is 0 Å². The third-order valence-electron chi connectivity index (χ3n) is 3.46. The SMILES string of the molecule is Nc1cnc(-c2cccc([N+](=O)[O-])c2)nc1-c1cccc([N+](=O)[O-])c1. The molecule has 2 aromatic carbocycles. The number of non-ortho nitro benzene ring substituents is 2. The summed E-state index contributed by atoms with van der Waals surface area (Å²) in [6, 6.07) is 11.8. The van der Waals surface area contributed by atoms with Crippen molar-refractivity contribution >= 4 is 17.1 Å². The maximum absolute atomic E-state index is 10.9. The van der Waals surface area contributed by atoms with E-state index in [1.54, 1.807) is 12.1 Å². The van der Waals surface area contributed by atoms with Crippen molar-refractivity contribution in [2.45, 2.75) is 0 Å². The average molecular weight is 337 g/mol. The maximum atomic E-state index is 10.9. The van der Waals surface area contributed by atoms with E-state index in [1.807, 2.05) is 0 Å². The molecule has 0 saturated carbocycles. The number of benzene rings is 2. The Kier molecular flexibility index (Phi) is 4.04. The molecule has 3 aromatic rings. The van der Waals surface area contributed by atoms with Crippen molar-refractivity contribution in [3.05, 3.63) is 75.0 Å². The number of nitrogen functional groups attached to an aromatic ring is 1. The Morgan fingerprint density at radius 3 is 2.04 bits per heavy atom. The number of hydrogen-bond acceptors (Lipinski definition) is 7. The molecule has 25 heavy (non-hydrogen) atoms. The second kappa shape index (κ2) is 6.32. The van der Waals surface area contributed by atoms with Crippen LogP contribution in [0, 0.1) is 20.2 Å². The lowest BCUT2D eigenvalue weighted by Gasteiger charge is -2.07. The number of nitro groups is 2. The molecule has 1 heterocycles. The van der Waals surface area contributed by atoms with Gasteiger partial charge in [0.1, 0.15) is 0 Å². The van der Waals surface area contributed by atoms with Gasteiger partial charge in [-0.1, -0.05) is 24.3 Å². The van der Waals surface area contributed by atoms with E-state index in [4.69, 9.17) is 5.73 Å². The predicted octanol–water partition coefficient (Wildman–Crippen LogP) is 3.21. The summed E-state index contributed by atoms with van der Waals surface area (Å²) in [5.74, 6) is 0.236. The van der Waals surface area contributed by atoms with Gasteiger partial charge in [0.25, 0.3) is 11.4 Å². The van der Waals surface area contributed by atoms with Crippen LogP contribution >= 0.6 is 0 Å². The third kappa shape index (κ3) is 3.24. The van der Waals surface area contributed by atoms with Gasteiger partial charge >= 0.3 is 0 Å². The van der Waals surface area contributed by atoms with Crippen molar-refractivity contribution in [3.8, 4) is 22.6 Å². The summed E-state index contributed by atoms with van der Waals surface area (Å²) in [6.07, 6.45) is 1.37. The van der Waals surface area contributed by atoms with E-state index in [9.17, 15) is 20.2 Å². The van der Waals surface area contributed by atoms with Crippen LogP contribution in [0.1, 0.15) is 0 Å². The maximum Gasteiger partial charge on any atom is 0.270 e. The Morgan fingerprint density at radius 2 is 1.44 bits per heavy atom. The van der Waals surface area contributed by atoms with Gasteiger partial charge in [-0.25, -0.2) is 9.97 Å². The van der Waals surface area contributed by atoms with Crippen molar-refractivity contribution in [1.29, 1.82) is 0 Å². The topological polar surface area (TPSA) is 138 Å². The molecule has 0 bridgehead atoms. The zero-order valence-electron chi connectivity index (χ0n) is 12.7. The molecule has 124 valence electrons. The van der Waals surface area contributed by atoms with E-state index in [0.717, 1.165) is 0 Å². The fourth-order valence-corrected chi connectivity index (χ4v) is 2.29. The molecule has 0 unspecified atom stereocenters. The van der Waals surface area contributed by atoms with Crippen LogP contribution in [0.25, 0.3) is 22.6 Å². The Morgan fingerprint density at radius 1 is 0.880 bits per heavy atom. The van der Waals surface area contributed by atoms with E-state index in [1.165, 1.54) is 42.6 Å². The molecule has 0 spiro atoms. The van der Waals surface area contributed by atoms with Crippen molar-refractivity contribution in [3.63, 3.8) is 0 Å². The van der Waals surface area contributed by atoms with Gasteiger partial charge in [0.2, 0.25) is 0 Å². The van der Waals surface area contributed by atoms with Crippen molar-refractivity contribution in [2.24, 2.45) is 0 Å². The summed E-state index contributed by atoms with van der Waals surface area (Å²) in [4.78, 5) is 29.3. The van der Waals surface area contributed by atoms with Gasteiger partial charge in [0, 0.05) is 35.4 Å². The highest BCUT2D eigenvalue weighted by Crippen LogP contribution is 2.29. The molecule has 0 amide bonds. The van der Waals surface area contributed by atoms with E-state index in [0.29, 0.717) is 16.8 Å². The Balaban J connectivity index is 2.10. The third-order valence-corrected chi connectivity index (χ3v) is 3.46. The first-order chi connectivity index (χ1) is 12.0. The van der Waals surface area contributed by atoms with Crippen LogP contribution in [0.4, 0.5) is 17.1 Å². The first kappa shape index (κ1) is 16.0. The van der Waals surface area contributed by atoms with Crippen LogP contribution in [0.3, 0.4) is 0 Å². The van der Waals surface area contributed by atoms with Crippen LogP contribution in [0.5, 0.6) is 0 Å². The number of nitrogens with zero attached hydrogens (tertiary/aromatic N) is 4. The minimum absolute atomic E-state index is 0.0881. The molecule has 0 saturated heterocycles. The van der Waals surface area contributed by atoms with Crippen LogP contribution in [0.15, 0.2) is 54.7 Å². The van der Waals surface area contributed by atoms with E-state index in [2.05, 4.69) is 9.97 Å². The lowest BCUT2D eigenvalue weighted by atomic mass is 10.1. The largest absolute Gasteiger partial charge is 0.396 e. The standard InChI is InChI=1S/C16H11N5O4/c17-14-9-18-16(11-4-2-6-13(8-11)21(24)25)19-15(14)10-3-1-5-12(7-10)20(22)23/h1-9H,17H2. The van der Waals surface area contributed by atoms with E-state index in [-0.39, 0.29) is 22.9 Å². The van der Waals surface area contributed by atoms with Gasteiger partial charge in [0.05, 0.1) is 27.4 Å². The number of nitro benzene ring substituents is 2. The summed E-state index contributed by atoms with van der Waals surface area (Å²) < 4.78 is 0. The Hall–Kier alpha value is -3.88. The monoisotopic (exact) mass is 337 g/mol. The van der Waals surface area contributed by atoms with E-state index >= 15 is 0 Å². The van der Waals surface area contributed by atoms with Crippen LogP contribution in [0.2, 0.25) is 0 Å². The number of aromatic nitrogens is 2. The number of anilines is 1. The highest BCUT2D eigenvalue weighted by atomic mass is 16.6. The van der Waals surface area contributed by atoms with Gasteiger partial charge in [-0.05, 0) is 0 Å². The van der Waals surface area contributed by atoms with Gasteiger partial charge in [-0.2, -0.15) is 0 Å². The van der Waals surface area contributed by atoms with Gasteiger partial charge in [-0.3, -0.25) is 20.2 Å². The Bertz CT molecular complexity index is 990. The lowest BCUT2D eigenvalue weighted by molar-refractivity contribution is -0.385. The van der Waals surface area contributed by atoms with Crippen molar-refractivity contribution in [1.82, 2.24) is 9.97 Å². The molecule has 0 aliphatic rings. The highest BCUT2D eigenvalue weighted by Gasteiger charge is 2.14. The number of rotatable bonds is 4. The molecule has 0 aliphatic heterocycles.